The van der Waals surface area contributed by atoms with Crippen LogP contribution in [0.25, 0.3) is 0 Å². The first-order valence-corrected chi connectivity index (χ1v) is 5.96. The van der Waals surface area contributed by atoms with Crippen LogP contribution in [-0.2, 0) is 11.0 Å². The van der Waals surface area contributed by atoms with Crippen LogP contribution in [0.2, 0.25) is 0 Å². The van der Waals surface area contributed by atoms with Gasteiger partial charge in [-0.05, 0) is 19.1 Å². The highest BCUT2D eigenvalue weighted by Gasteiger charge is 2.35. The normalized spacial score (nSPS) is 12.9. The summed E-state index contributed by atoms with van der Waals surface area (Å²) < 4.78 is 43.4. The molecule has 1 rings (SSSR count). The van der Waals surface area contributed by atoms with Crippen LogP contribution in [0.3, 0.4) is 0 Å². The van der Waals surface area contributed by atoms with Crippen molar-refractivity contribution >= 4 is 5.91 Å². The number of aliphatic hydroxyl groups excluding tert-OH is 1. The van der Waals surface area contributed by atoms with Gasteiger partial charge in [0, 0.05) is 13.6 Å². The predicted molar refractivity (Wildman–Crippen MR) is 66.3 cm³/mol. The first kappa shape index (κ1) is 16.3. The van der Waals surface area contributed by atoms with Crippen LogP contribution < -0.4 is 4.74 Å². The zero-order valence-electron chi connectivity index (χ0n) is 11.1. The van der Waals surface area contributed by atoms with Crippen molar-refractivity contribution in [2.45, 2.75) is 19.2 Å². The minimum atomic E-state index is -4.55. The van der Waals surface area contributed by atoms with Gasteiger partial charge in [0.1, 0.15) is 5.75 Å². The summed E-state index contributed by atoms with van der Waals surface area (Å²) in [5, 5.41) is 8.72. The summed E-state index contributed by atoms with van der Waals surface area (Å²) in [7, 11) is 1.44. The van der Waals surface area contributed by atoms with Crippen molar-refractivity contribution in [3.63, 3.8) is 0 Å². The standard InChI is InChI=1S/C13H16F3NO3/c1-9(12(19)17(2)7-8-18)20-11-6-4-3-5-10(11)13(14,15)16/h3-6,9,18H,7-8H2,1-2H3. The molecule has 0 aliphatic rings. The number of ether oxygens (including phenoxy) is 1. The highest BCUT2D eigenvalue weighted by Crippen LogP contribution is 2.36. The number of carbonyl (C=O) groups is 1. The van der Waals surface area contributed by atoms with Gasteiger partial charge < -0.3 is 14.7 Å². The first-order valence-electron chi connectivity index (χ1n) is 5.96. The summed E-state index contributed by atoms with van der Waals surface area (Å²) in [6.45, 7) is 1.23. The molecule has 0 saturated carbocycles. The molecule has 1 atom stereocenters. The number of hydrogen-bond donors (Lipinski definition) is 1. The molecule has 1 unspecified atom stereocenters. The van der Waals surface area contributed by atoms with E-state index in [0.29, 0.717) is 0 Å². The maximum atomic E-state index is 12.8. The summed E-state index contributed by atoms with van der Waals surface area (Å²) in [5.74, 6) is -0.894. The van der Waals surface area contributed by atoms with Gasteiger partial charge in [0.05, 0.1) is 12.2 Å². The summed E-state index contributed by atoms with van der Waals surface area (Å²) in [5.41, 5.74) is -0.926. The Hall–Kier alpha value is -1.76. The van der Waals surface area contributed by atoms with Gasteiger partial charge in [-0.25, -0.2) is 0 Å². The maximum absolute atomic E-state index is 12.8. The van der Waals surface area contributed by atoms with Gasteiger partial charge >= 0.3 is 6.18 Å². The lowest BCUT2D eigenvalue weighted by atomic mass is 10.2. The Balaban J connectivity index is 2.86. The van der Waals surface area contributed by atoms with Crippen LogP contribution in [0.1, 0.15) is 12.5 Å². The van der Waals surface area contributed by atoms with Crippen LogP contribution >= 0.6 is 0 Å². The summed E-state index contributed by atoms with van der Waals surface area (Å²) in [4.78, 5) is 13.0. The highest BCUT2D eigenvalue weighted by atomic mass is 19.4. The molecule has 7 heteroatoms. The fourth-order valence-electron chi connectivity index (χ4n) is 1.62. The zero-order valence-corrected chi connectivity index (χ0v) is 11.1. The van der Waals surface area contributed by atoms with Gasteiger partial charge in [-0.1, -0.05) is 12.1 Å². The van der Waals surface area contributed by atoms with Gasteiger partial charge in [0.25, 0.3) is 5.91 Å². The van der Waals surface area contributed by atoms with E-state index in [4.69, 9.17) is 9.84 Å². The average Bonchev–Trinajstić information content (AvgIpc) is 2.37. The molecular weight excluding hydrogens is 275 g/mol. The Morgan fingerprint density at radius 2 is 2.00 bits per heavy atom. The van der Waals surface area contributed by atoms with Crippen LogP contribution in [0.5, 0.6) is 5.75 Å². The third-order valence-corrected chi connectivity index (χ3v) is 2.66. The lowest BCUT2D eigenvalue weighted by molar-refractivity contribution is -0.143. The number of likely N-dealkylation sites (N-methyl/N-ethyl adjacent to an activating group) is 1. The molecule has 0 aliphatic carbocycles. The largest absolute Gasteiger partial charge is 0.480 e. The van der Waals surface area contributed by atoms with E-state index in [1.54, 1.807) is 0 Å². The van der Waals surface area contributed by atoms with E-state index in [9.17, 15) is 18.0 Å². The predicted octanol–water partition coefficient (Wildman–Crippen LogP) is 1.92. The fraction of sp³-hybridized carbons (Fsp3) is 0.462. The monoisotopic (exact) mass is 291 g/mol. The second kappa shape index (κ2) is 6.60. The van der Waals surface area contributed by atoms with Crippen molar-refractivity contribution < 1.29 is 27.8 Å². The van der Waals surface area contributed by atoms with Crippen LogP contribution in [0, 0.1) is 0 Å². The minimum Gasteiger partial charge on any atom is -0.480 e. The fourth-order valence-corrected chi connectivity index (χ4v) is 1.62. The number of amides is 1. The number of aliphatic hydroxyl groups is 1. The van der Waals surface area contributed by atoms with E-state index in [1.807, 2.05) is 0 Å². The average molecular weight is 291 g/mol. The minimum absolute atomic E-state index is 0.0907. The quantitative estimate of drug-likeness (QED) is 0.901. The number of halogens is 3. The molecule has 0 saturated heterocycles. The van der Waals surface area contributed by atoms with E-state index in [1.165, 1.54) is 37.1 Å². The molecule has 0 bridgehead atoms. The topological polar surface area (TPSA) is 49.8 Å². The number of rotatable bonds is 5. The van der Waals surface area contributed by atoms with Gasteiger partial charge in [0.15, 0.2) is 6.10 Å². The second-order valence-corrected chi connectivity index (χ2v) is 4.24. The van der Waals surface area contributed by atoms with Crippen molar-refractivity contribution in [2.24, 2.45) is 0 Å². The van der Waals surface area contributed by atoms with Crippen molar-refractivity contribution in [3.8, 4) is 5.75 Å². The Kier molecular flexibility index (Phi) is 5.38. The molecule has 20 heavy (non-hydrogen) atoms. The van der Waals surface area contributed by atoms with Crippen LogP contribution in [-0.4, -0.2) is 42.2 Å². The van der Waals surface area contributed by atoms with Crippen molar-refractivity contribution in [1.82, 2.24) is 4.90 Å². The Labute approximate surface area is 114 Å². The van der Waals surface area contributed by atoms with Crippen molar-refractivity contribution in [1.29, 1.82) is 0 Å². The molecule has 1 aromatic rings. The molecule has 0 aromatic heterocycles. The summed E-state index contributed by atoms with van der Waals surface area (Å²) >= 11 is 0. The highest BCUT2D eigenvalue weighted by molar-refractivity contribution is 5.80. The van der Waals surface area contributed by atoms with E-state index in [2.05, 4.69) is 0 Å². The number of nitrogens with zero attached hydrogens (tertiary/aromatic N) is 1. The van der Waals surface area contributed by atoms with E-state index in [-0.39, 0.29) is 13.2 Å². The molecule has 0 fully saturated rings. The van der Waals surface area contributed by atoms with E-state index < -0.39 is 29.5 Å². The number of para-hydroxylation sites is 1. The molecule has 0 heterocycles. The molecule has 4 nitrogen and oxygen atoms in total. The number of benzene rings is 1. The van der Waals surface area contributed by atoms with Crippen LogP contribution in [0.4, 0.5) is 13.2 Å². The molecule has 0 aliphatic heterocycles. The second-order valence-electron chi connectivity index (χ2n) is 4.24. The SMILES string of the molecule is CC(Oc1ccccc1C(F)(F)F)C(=O)N(C)CCO. The van der Waals surface area contributed by atoms with Gasteiger partial charge in [-0.3, -0.25) is 4.79 Å². The molecule has 1 amide bonds. The van der Waals surface area contributed by atoms with Crippen molar-refractivity contribution in [2.75, 3.05) is 20.2 Å². The third-order valence-electron chi connectivity index (χ3n) is 2.66. The molecule has 112 valence electrons. The number of carbonyl (C=O) groups excluding carboxylic acids is 1. The van der Waals surface area contributed by atoms with Crippen molar-refractivity contribution in [3.05, 3.63) is 29.8 Å². The van der Waals surface area contributed by atoms with Gasteiger partial charge in [0.2, 0.25) is 0 Å². The zero-order chi connectivity index (χ0) is 15.3. The molecule has 0 spiro atoms. The van der Waals surface area contributed by atoms with E-state index in [0.717, 1.165) is 6.07 Å². The Morgan fingerprint density at radius 1 is 1.40 bits per heavy atom. The lowest BCUT2D eigenvalue weighted by Gasteiger charge is -2.22. The Morgan fingerprint density at radius 3 is 2.55 bits per heavy atom. The molecule has 1 N–H and O–H groups in total. The summed E-state index contributed by atoms with van der Waals surface area (Å²) in [6.07, 6.45) is -5.62. The molecular formula is C13H16F3NO3. The third kappa shape index (κ3) is 4.12. The first-order chi connectivity index (χ1) is 9.27. The molecule has 1 aromatic carbocycles. The Bertz CT molecular complexity index is 462. The molecule has 0 radical (unpaired) electrons. The van der Waals surface area contributed by atoms with Gasteiger partial charge in [-0.15, -0.1) is 0 Å². The smallest absolute Gasteiger partial charge is 0.419 e. The van der Waals surface area contributed by atoms with E-state index >= 15 is 0 Å². The summed E-state index contributed by atoms with van der Waals surface area (Å²) in [6, 6.07) is 4.71. The lowest BCUT2D eigenvalue weighted by Crippen LogP contribution is -2.39. The number of alkyl halides is 3. The van der Waals surface area contributed by atoms with Crippen LogP contribution in [0.15, 0.2) is 24.3 Å². The van der Waals surface area contributed by atoms with Gasteiger partial charge in [-0.2, -0.15) is 13.2 Å². The number of hydrogen-bond acceptors (Lipinski definition) is 3. The maximum Gasteiger partial charge on any atom is 0.419 e.